The SMILES string of the molecule is COC(=O)c1ccc2c(c1)sc(=NC(=O)c1c(F)cccc1F)n2C. The second-order valence-corrected chi connectivity index (χ2v) is 6.14. The van der Waals surface area contributed by atoms with Crippen molar-refractivity contribution >= 4 is 33.4 Å². The highest BCUT2D eigenvalue weighted by Crippen LogP contribution is 2.19. The van der Waals surface area contributed by atoms with Gasteiger partial charge in [0.15, 0.2) is 4.80 Å². The van der Waals surface area contributed by atoms with Gasteiger partial charge in [-0.05, 0) is 30.3 Å². The molecule has 0 aliphatic rings. The van der Waals surface area contributed by atoms with E-state index in [1.807, 2.05) is 0 Å². The number of esters is 1. The van der Waals surface area contributed by atoms with Crippen LogP contribution < -0.4 is 4.80 Å². The highest BCUT2D eigenvalue weighted by Gasteiger charge is 2.17. The number of fused-ring (bicyclic) bond motifs is 1. The van der Waals surface area contributed by atoms with E-state index in [2.05, 4.69) is 9.73 Å². The molecule has 3 rings (SSSR count). The quantitative estimate of drug-likeness (QED) is 0.659. The Balaban J connectivity index is 2.12. The van der Waals surface area contributed by atoms with Crippen LogP contribution in [-0.2, 0) is 11.8 Å². The molecule has 2 aromatic carbocycles. The van der Waals surface area contributed by atoms with Crippen molar-refractivity contribution in [2.75, 3.05) is 7.11 Å². The zero-order valence-electron chi connectivity index (χ0n) is 13.2. The number of amides is 1. The van der Waals surface area contributed by atoms with E-state index in [0.717, 1.165) is 29.0 Å². The summed E-state index contributed by atoms with van der Waals surface area (Å²) >= 11 is 1.12. The lowest BCUT2D eigenvalue weighted by Gasteiger charge is -2.00. The van der Waals surface area contributed by atoms with Gasteiger partial charge in [0.25, 0.3) is 5.91 Å². The normalized spacial score (nSPS) is 11.8. The zero-order valence-corrected chi connectivity index (χ0v) is 14.1. The van der Waals surface area contributed by atoms with Crippen molar-refractivity contribution < 1.29 is 23.1 Å². The molecule has 0 atom stereocenters. The molecule has 128 valence electrons. The summed E-state index contributed by atoms with van der Waals surface area (Å²) in [6, 6.07) is 8.06. The van der Waals surface area contributed by atoms with Gasteiger partial charge in [0.05, 0.1) is 22.9 Å². The molecule has 0 aliphatic carbocycles. The highest BCUT2D eigenvalue weighted by molar-refractivity contribution is 7.16. The monoisotopic (exact) mass is 362 g/mol. The minimum atomic E-state index is -1.01. The average Bonchev–Trinajstić information content (AvgIpc) is 2.89. The maximum atomic E-state index is 13.7. The van der Waals surface area contributed by atoms with E-state index in [9.17, 15) is 18.4 Å². The minimum Gasteiger partial charge on any atom is -0.465 e. The Morgan fingerprint density at radius 3 is 2.48 bits per heavy atom. The Labute approximate surface area is 144 Å². The number of benzene rings is 2. The molecule has 0 saturated carbocycles. The molecular formula is C17H12F2N2O3S. The third-order valence-electron chi connectivity index (χ3n) is 3.60. The lowest BCUT2D eigenvalue weighted by atomic mass is 10.2. The Bertz CT molecular complexity index is 1050. The molecule has 0 spiro atoms. The van der Waals surface area contributed by atoms with Crippen LogP contribution in [0.3, 0.4) is 0 Å². The van der Waals surface area contributed by atoms with Crippen molar-refractivity contribution in [2.24, 2.45) is 12.0 Å². The average molecular weight is 362 g/mol. The maximum absolute atomic E-state index is 13.7. The van der Waals surface area contributed by atoms with Gasteiger partial charge in [0, 0.05) is 7.05 Å². The number of rotatable bonds is 2. The molecule has 1 amide bonds. The zero-order chi connectivity index (χ0) is 18.1. The van der Waals surface area contributed by atoms with Crippen LogP contribution in [0.1, 0.15) is 20.7 Å². The number of carbonyl (C=O) groups is 2. The predicted octanol–water partition coefficient (Wildman–Crippen LogP) is 3.05. The predicted molar refractivity (Wildman–Crippen MR) is 88.4 cm³/mol. The van der Waals surface area contributed by atoms with Crippen LogP contribution >= 0.6 is 11.3 Å². The number of nitrogens with zero attached hydrogens (tertiary/aromatic N) is 2. The number of thiazole rings is 1. The van der Waals surface area contributed by atoms with Gasteiger partial charge in [-0.1, -0.05) is 17.4 Å². The first-order chi connectivity index (χ1) is 11.9. The summed E-state index contributed by atoms with van der Waals surface area (Å²) in [6.45, 7) is 0. The van der Waals surface area contributed by atoms with Gasteiger partial charge in [0.2, 0.25) is 0 Å². The third-order valence-corrected chi connectivity index (χ3v) is 4.70. The van der Waals surface area contributed by atoms with Gasteiger partial charge in [-0.15, -0.1) is 0 Å². The van der Waals surface area contributed by atoms with Gasteiger partial charge in [-0.3, -0.25) is 4.79 Å². The van der Waals surface area contributed by atoms with E-state index < -0.39 is 29.1 Å². The molecule has 0 unspecified atom stereocenters. The topological polar surface area (TPSA) is 60.7 Å². The van der Waals surface area contributed by atoms with Crippen LogP contribution in [0.4, 0.5) is 8.78 Å². The van der Waals surface area contributed by atoms with Crippen molar-refractivity contribution in [3.8, 4) is 0 Å². The van der Waals surface area contributed by atoms with E-state index in [4.69, 9.17) is 0 Å². The largest absolute Gasteiger partial charge is 0.465 e. The third kappa shape index (κ3) is 3.08. The van der Waals surface area contributed by atoms with Gasteiger partial charge < -0.3 is 9.30 Å². The number of hydrogen-bond donors (Lipinski definition) is 0. The second kappa shape index (κ2) is 6.56. The van der Waals surface area contributed by atoms with E-state index >= 15 is 0 Å². The Morgan fingerprint density at radius 1 is 1.16 bits per heavy atom. The summed E-state index contributed by atoms with van der Waals surface area (Å²) in [5.74, 6) is -3.43. The fourth-order valence-corrected chi connectivity index (χ4v) is 3.39. The number of methoxy groups -OCH3 is 1. The molecular weight excluding hydrogens is 350 g/mol. The summed E-state index contributed by atoms with van der Waals surface area (Å²) in [5.41, 5.74) is 0.378. The van der Waals surface area contributed by atoms with Crippen molar-refractivity contribution in [1.29, 1.82) is 0 Å². The number of aromatic nitrogens is 1. The molecule has 0 radical (unpaired) electrons. The molecule has 1 heterocycles. The molecule has 0 aliphatic heterocycles. The highest BCUT2D eigenvalue weighted by atomic mass is 32.1. The van der Waals surface area contributed by atoms with Gasteiger partial charge in [-0.25, -0.2) is 13.6 Å². The summed E-state index contributed by atoms with van der Waals surface area (Å²) in [7, 11) is 2.95. The van der Waals surface area contributed by atoms with Gasteiger partial charge in [0.1, 0.15) is 17.2 Å². The van der Waals surface area contributed by atoms with Crippen LogP contribution in [0.5, 0.6) is 0 Å². The van der Waals surface area contributed by atoms with E-state index in [1.54, 1.807) is 29.8 Å². The summed E-state index contributed by atoms with van der Waals surface area (Å²) in [5, 5.41) is 0. The number of ether oxygens (including phenoxy) is 1. The molecule has 0 saturated heterocycles. The molecule has 25 heavy (non-hydrogen) atoms. The van der Waals surface area contributed by atoms with E-state index in [0.29, 0.717) is 10.3 Å². The van der Waals surface area contributed by atoms with Gasteiger partial charge in [-0.2, -0.15) is 4.99 Å². The van der Waals surface area contributed by atoms with Crippen molar-refractivity contribution in [3.05, 3.63) is 64.0 Å². The molecule has 0 N–H and O–H groups in total. The minimum absolute atomic E-state index is 0.254. The lowest BCUT2D eigenvalue weighted by Crippen LogP contribution is -2.14. The Kier molecular flexibility index (Phi) is 4.45. The van der Waals surface area contributed by atoms with Crippen molar-refractivity contribution in [2.45, 2.75) is 0 Å². The van der Waals surface area contributed by atoms with Crippen molar-refractivity contribution in [3.63, 3.8) is 0 Å². The van der Waals surface area contributed by atoms with E-state index in [1.165, 1.54) is 13.2 Å². The molecule has 0 bridgehead atoms. The van der Waals surface area contributed by atoms with Crippen LogP contribution in [-0.4, -0.2) is 23.6 Å². The summed E-state index contributed by atoms with van der Waals surface area (Å²) < 4.78 is 34.4. The Hall–Kier alpha value is -2.87. The standard InChI is InChI=1S/C17H12F2N2O3S/c1-21-12-7-6-9(16(23)24-2)8-13(12)25-17(21)20-15(22)14-10(18)4-3-5-11(14)19/h3-8H,1-2H3. The first-order valence-corrected chi connectivity index (χ1v) is 7.95. The summed E-state index contributed by atoms with van der Waals surface area (Å²) in [4.78, 5) is 27.9. The number of carbonyl (C=O) groups excluding carboxylic acids is 2. The van der Waals surface area contributed by atoms with Crippen LogP contribution in [0.15, 0.2) is 41.4 Å². The fourth-order valence-electron chi connectivity index (χ4n) is 2.33. The first kappa shape index (κ1) is 17.0. The lowest BCUT2D eigenvalue weighted by molar-refractivity contribution is 0.0600. The van der Waals surface area contributed by atoms with Crippen LogP contribution in [0, 0.1) is 11.6 Å². The molecule has 5 nitrogen and oxygen atoms in total. The van der Waals surface area contributed by atoms with Crippen LogP contribution in [0.2, 0.25) is 0 Å². The molecule has 1 aromatic heterocycles. The number of halogens is 2. The Morgan fingerprint density at radius 2 is 1.84 bits per heavy atom. The first-order valence-electron chi connectivity index (χ1n) is 7.13. The number of aryl methyl sites for hydroxylation is 1. The van der Waals surface area contributed by atoms with E-state index in [-0.39, 0.29) is 4.80 Å². The second-order valence-electron chi connectivity index (χ2n) is 5.13. The molecule has 8 heteroatoms. The smallest absolute Gasteiger partial charge is 0.337 e. The summed E-state index contributed by atoms with van der Waals surface area (Å²) in [6.07, 6.45) is 0. The van der Waals surface area contributed by atoms with Gasteiger partial charge >= 0.3 is 5.97 Å². The molecule has 3 aromatic rings. The van der Waals surface area contributed by atoms with Crippen LogP contribution in [0.25, 0.3) is 10.2 Å². The molecule has 0 fully saturated rings. The fraction of sp³-hybridized carbons (Fsp3) is 0.118. The van der Waals surface area contributed by atoms with Crippen molar-refractivity contribution in [1.82, 2.24) is 4.57 Å². The maximum Gasteiger partial charge on any atom is 0.337 e. The number of hydrogen-bond acceptors (Lipinski definition) is 4.